The van der Waals surface area contributed by atoms with Crippen molar-refractivity contribution >= 4 is 40.9 Å². The number of hydrogen-bond donors (Lipinski definition) is 1. The molecule has 31 heavy (non-hydrogen) atoms. The first kappa shape index (κ1) is 21.4. The van der Waals surface area contributed by atoms with Gasteiger partial charge in [0.25, 0.3) is 5.91 Å². The molecule has 0 saturated carbocycles. The molecular weight excluding hydrogens is 410 g/mol. The van der Waals surface area contributed by atoms with Gasteiger partial charge >= 0.3 is 0 Å². The minimum Gasteiger partial charge on any atom is -0.341 e. The number of carbonyl (C=O) groups excluding carboxylic acids is 3. The van der Waals surface area contributed by atoms with Gasteiger partial charge in [0.2, 0.25) is 11.8 Å². The van der Waals surface area contributed by atoms with Crippen molar-refractivity contribution in [1.82, 2.24) is 4.90 Å². The van der Waals surface area contributed by atoms with Gasteiger partial charge in [-0.05, 0) is 62.4 Å². The second kappa shape index (κ2) is 9.14. The summed E-state index contributed by atoms with van der Waals surface area (Å²) in [5.41, 5.74) is 3.41. The summed E-state index contributed by atoms with van der Waals surface area (Å²) in [4.78, 5) is 43.5. The molecule has 0 spiro atoms. The van der Waals surface area contributed by atoms with E-state index in [9.17, 15) is 14.4 Å². The van der Waals surface area contributed by atoms with E-state index in [1.165, 1.54) is 16.7 Å². The molecule has 162 valence electrons. The van der Waals surface area contributed by atoms with E-state index in [0.717, 1.165) is 41.0 Å². The number of rotatable bonds is 4. The van der Waals surface area contributed by atoms with Crippen LogP contribution in [0.5, 0.6) is 0 Å². The number of nitrogens with zero attached hydrogens (tertiary/aromatic N) is 2. The van der Waals surface area contributed by atoms with Gasteiger partial charge in [-0.2, -0.15) is 0 Å². The van der Waals surface area contributed by atoms with Crippen molar-refractivity contribution in [2.24, 2.45) is 0 Å². The van der Waals surface area contributed by atoms with Gasteiger partial charge in [0.05, 0.1) is 5.69 Å². The van der Waals surface area contributed by atoms with Gasteiger partial charge in [0.15, 0.2) is 5.25 Å². The number of fused-ring (bicyclic) bond motifs is 1. The summed E-state index contributed by atoms with van der Waals surface area (Å²) >= 11 is 1.29. The highest BCUT2D eigenvalue weighted by molar-refractivity contribution is 8.01. The predicted octanol–water partition coefficient (Wildman–Crippen LogP) is 3.76. The maximum atomic E-state index is 13.4. The first-order valence-electron chi connectivity index (χ1n) is 10.7. The highest BCUT2D eigenvalue weighted by atomic mass is 32.2. The number of benzene rings is 2. The molecular formula is C24H27N3O3S. The van der Waals surface area contributed by atoms with E-state index in [0.29, 0.717) is 18.8 Å². The van der Waals surface area contributed by atoms with Crippen LogP contribution in [0.25, 0.3) is 0 Å². The zero-order chi connectivity index (χ0) is 22.0. The number of piperidine rings is 1. The highest BCUT2D eigenvalue weighted by Gasteiger charge is 2.41. The molecule has 2 aliphatic rings. The van der Waals surface area contributed by atoms with Crippen LogP contribution in [0.2, 0.25) is 0 Å². The molecule has 2 heterocycles. The molecule has 1 unspecified atom stereocenters. The first-order valence-corrected chi connectivity index (χ1v) is 11.5. The van der Waals surface area contributed by atoms with Crippen LogP contribution in [0, 0.1) is 13.8 Å². The number of para-hydroxylation sites is 1. The number of anilines is 2. The van der Waals surface area contributed by atoms with E-state index < -0.39 is 5.25 Å². The fourth-order valence-electron chi connectivity index (χ4n) is 4.02. The van der Waals surface area contributed by atoms with Gasteiger partial charge in [-0.15, -0.1) is 11.8 Å². The smallest absolute Gasteiger partial charge is 0.250 e. The molecule has 4 rings (SSSR count). The van der Waals surface area contributed by atoms with Crippen molar-refractivity contribution in [1.29, 1.82) is 0 Å². The molecule has 1 saturated heterocycles. The van der Waals surface area contributed by atoms with Gasteiger partial charge < -0.3 is 15.1 Å². The predicted molar refractivity (Wildman–Crippen MR) is 123 cm³/mol. The fourth-order valence-corrected chi connectivity index (χ4v) is 5.21. The molecule has 2 aromatic rings. The van der Waals surface area contributed by atoms with Gasteiger partial charge in [-0.3, -0.25) is 14.4 Å². The first-order chi connectivity index (χ1) is 14.9. The molecule has 1 fully saturated rings. The Bertz CT molecular complexity index is 1020. The Morgan fingerprint density at radius 3 is 2.58 bits per heavy atom. The van der Waals surface area contributed by atoms with Gasteiger partial charge in [0.1, 0.15) is 6.54 Å². The second-order valence-corrected chi connectivity index (χ2v) is 9.29. The Hall–Kier alpha value is -2.80. The summed E-state index contributed by atoms with van der Waals surface area (Å²) in [5, 5.41) is 2.08. The van der Waals surface area contributed by atoms with Gasteiger partial charge in [0, 0.05) is 23.7 Å². The van der Waals surface area contributed by atoms with Crippen molar-refractivity contribution in [3.63, 3.8) is 0 Å². The summed E-state index contributed by atoms with van der Waals surface area (Å²) in [6.45, 7) is 5.15. The fraction of sp³-hybridized carbons (Fsp3) is 0.375. The van der Waals surface area contributed by atoms with E-state index in [2.05, 4.69) is 5.32 Å². The Kier molecular flexibility index (Phi) is 6.32. The van der Waals surface area contributed by atoms with Gasteiger partial charge in [-0.1, -0.05) is 24.3 Å². The maximum absolute atomic E-state index is 13.4. The van der Waals surface area contributed by atoms with Crippen LogP contribution in [0.4, 0.5) is 11.4 Å². The summed E-state index contributed by atoms with van der Waals surface area (Å²) in [6, 6.07) is 13.3. The Labute approximate surface area is 187 Å². The van der Waals surface area contributed by atoms with E-state index >= 15 is 0 Å². The van der Waals surface area contributed by atoms with Crippen LogP contribution in [-0.2, 0) is 14.4 Å². The number of likely N-dealkylation sites (tertiary alicyclic amines) is 1. The van der Waals surface area contributed by atoms with Crippen molar-refractivity contribution < 1.29 is 14.4 Å². The number of aryl methyl sites for hydroxylation is 2. The number of hydrogen-bond acceptors (Lipinski definition) is 4. The minimum atomic E-state index is -0.846. The quantitative estimate of drug-likeness (QED) is 0.740. The third-order valence-corrected chi connectivity index (χ3v) is 6.99. The van der Waals surface area contributed by atoms with Crippen molar-refractivity contribution in [3.05, 3.63) is 53.6 Å². The number of thioether (sulfide) groups is 1. The van der Waals surface area contributed by atoms with Crippen LogP contribution >= 0.6 is 11.8 Å². The van der Waals surface area contributed by atoms with E-state index in [-0.39, 0.29) is 24.3 Å². The Balaban J connectivity index is 1.56. The lowest BCUT2D eigenvalue weighted by atomic mass is 10.1. The third kappa shape index (κ3) is 4.61. The van der Waals surface area contributed by atoms with Crippen LogP contribution in [0.15, 0.2) is 47.4 Å². The summed E-state index contributed by atoms with van der Waals surface area (Å²) in [7, 11) is 0. The van der Waals surface area contributed by atoms with E-state index in [1.807, 2.05) is 56.3 Å². The minimum absolute atomic E-state index is 0.131. The molecule has 3 amide bonds. The molecule has 2 aliphatic heterocycles. The molecule has 1 atom stereocenters. The lowest BCUT2D eigenvalue weighted by Crippen LogP contribution is -2.52. The average Bonchev–Trinajstić information content (AvgIpc) is 2.78. The van der Waals surface area contributed by atoms with Crippen molar-refractivity contribution in [2.45, 2.75) is 43.3 Å². The average molecular weight is 438 g/mol. The molecule has 0 aliphatic carbocycles. The molecule has 0 bridgehead atoms. The molecule has 2 aromatic carbocycles. The lowest BCUT2D eigenvalue weighted by Gasteiger charge is -2.36. The second-order valence-electron chi connectivity index (χ2n) is 8.14. The Morgan fingerprint density at radius 2 is 1.81 bits per heavy atom. The Morgan fingerprint density at radius 1 is 1.06 bits per heavy atom. The summed E-state index contributed by atoms with van der Waals surface area (Å²) in [5.74, 6) is -0.757. The molecule has 1 N–H and O–H groups in total. The molecule has 0 aromatic heterocycles. The van der Waals surface area contributed by atoms with Crippen molar-refractivity contribution in [3.8, 4) is 0 Å². The largest absolute Gasteiger partial charge is 0.341 e. The third-order valence-electron chi connectivity index (χ3n) is 5.75. The van der Waals surface area contributed by atoms with Crippen LogP contribution in [-0.4, -0.2) is 47.5 Å². The van der Waals surface area contributed by atoms with Crippen LogP contribution in [0.3, 0.4) is 0 Å². The van der Waals surface area contributed by atoms with Gasteiger partial charge in [-0.25, -0.2) is 0 Å². The molecule has 6 nitrogen and oxygen atoms in total. The molecule has 0 radical (unpaired) electrons. The normalized spacial score (nSPS) is 18.5. The zero-order valence-electron chi connectivity index (χ0n) is 17.9. The summed E-state index contributed by atoms with van der Waals surface area (Å²) < 4.78 is 0. The standard InChI is InChI=1S/C24H27N3O3S/c1-16-10-11-17(2)18(14-16)25-21(28)15-27-19-8-4-5-9-20(19)31-22(24(27)30)23(29)26-12-6-3-7-13-26/h4-5,8-11,14,22H,3,6-7,12-13,15H2,1-2H3,(H,25,28). The van der Waals surface area contributed by atoms with Crippen molar-refractivity contribution in [2.75, 3.05) is 29.9 Å². The lowest BCUT2D eigenvalue weighted by molar-refractivity contribution is -0.135. The highest BCUT2D eigenvalue weighted by Crippen LogP contribution is 2.40. The van der Waals surface area contributed by atoms with E-state index in [1.54, 1.807) is 4.90 Å². The molecule has 7 heteroatoms. The number of carbonyl (C=O) groups is 3. The summed E-state index contributed by atoms with van der Waals surface area (Å²) in [6.07, 6.45) is 3.05. The van der Waals surface area contributed by atoms with Crippen LogP contribution in [0.1, 0.15) is 30.4 Å². The maximum Gasteiger partial charge on any atom is 0.250 e. The monoisotopic (exact) mass is 437 g/mol. The number of nitrogens with one attached hydrogen (secondary N) is 1. The SMILES string of the molecule is Cc1ccc(C)c(NC(=O)CN2C(=O)C(C(=O)N3CCCCC3)Sc3ccccc32)c1. The topological polar surface area (TPSA) is 69.7 Å². The number of amides is 3. The van der Waals surface area contributed by atoms with Crippen LogP contribution < -0.4 is 10.2 Å². The van der Waals surface area contributed by atoms with E-state index in [4.69, 9.17) is 0 Å². The zero-order valence-corrected chi connectivity index (χ0v) is 18.7.